The van der Waals surface area contributed by atoms with Crippen LogP contribution in [0.5, 0.6) is 5.75 Å². The molecule has 2 N–H and O–H groups in total. The van der Waals surface area contributed by atoms with Crippen LogP contribution in [0.25, 0.3) is 0 Å². The third-order valence-corrected chi connectivity index (χ3v) is 5.93. The zero-order valence-electron chi connectivity index (χ0n) is 16.5. The highest BCUT2D eigenvalue weighted by molar-refractivity contribution is 5.79. The van der Waals surface area contributed by atoms with E-state index in [0.29, 0.717) is 19.4 Å². The summed E-state index contributed by atoms with van der Waals surface area (Å²) in [6.45, 7) is 2.35. The lowest BCUT2D eigenvalue weighted by Gasteiger charge is -2.44. The van der Waals surface area contributed by atoms with Gasteiger partial charge in [-0.3, -0.25) is 4.79 Å². The van der Waals surface area contributed by atoms with Crippen molar-refractivity contribution in [1.29, 1.82) is 0 Å². The number of aliphatic hydroxyl groups excluding tert-OH is 2. The van der Waals surface area contributed by atoms with E-state index in [9.17, 15) is 15.0 Å². The van der Waals surface area contributed by atoms with E-state index in [1.54, 1.807) is 7.11 Å². The van der Waals surface area contributed by atoms with E-state index in [-0.39, 0.29) is 18.6 Å². The molecule has 1 aliphatic rings. The van der Waals surface area contributed by atoms with Gasteiger partial charge in [-0.1, -0.05) is 42.5 Å². The monoisotopic (exact) mass is 383 g/mol. The molecule has 1 fully saturated rings. The van der Waals surface area contributed by atoms with Gasteiger partial charge in [0.2, 0.25) is 5.91 Å². The number of nitrogens with zero attached hydrogens (tertiary/aromatic N) is 1. The summed E-state index contributed by atoms with van der Waals surface area (Å²) in [7, 11) is 1.64. The molecule has 2 unspecified atom stereocenters. The van der Waals surface area contributed by atoms with Gasteiger partial charge >= 0.3 is 0 Å². The third-order valence-electron chi connectivity index (χ3n) is 5.93. The summed E-state index contributed by atoms with van der Waals surface area (Å²) in [5.74, 6) is 0.866. The number of hydrogen-bond donors (Lipinski definition) is 2. The molecule has 0 spiro atoms. The van der Waals surface area contributed by atoms with Gasteiger partial charge in [0.15, 0.2) is 0 Å². The first-order valence-corrected chi connectivity index (χ1v) is 9.77. The largest absolute Gasteiger partial charge is 0.497 e. The number of likely N-dealkylation sites (tertiary alicyclic amines) is 1. The lowest BCUT2D eigenvalue weighted by atomic mass is 9.68. The summed E-state index contributed by atoms with van der Waals surface area (Å²) in [6.07, 6.45) is 0.623. The number of hydrogen-bond acceptors (Lipinski definition) is 4. The first-order valence-electron chi connectivity index (χ1n) is 9.77. The average Bonchev–Trinajstić information content (AvgIpc) is 2.74. The lowest BCUT2D eigenvalue weighted by Crippen LogP contribution is -2.48. The molecule has 5 nitrogen and oxygen atoms in total. The predicted molar refractivity (Wildman–Crippen MR) is 108 cm³/mol. The SMILES string of the molecule is COc1ccc([C@H](C)N2CCC(CC(O)CO)(c3ccccc3)CC2=O)cc1. The van der Waals surface area contributed by atoms with Crippen LogP contribution in [-0.4, -0.2) is 47.4 Å². The highest BCUT2D eigenvalue weighted by Gasteiger charge is 2.42. The number of methoxy groups -OCH3 is 1. The molecule has 2 aromatic carbocycles. The average molecular weight is 383 g/mol. The molecule has 1 heterocycles. The van der Waals surface area contributed by atoms with Gasteiger partial charge in [-0.05, 0) is 43.0 Å². The molecule has 0 aliphatic carbocycles. The molecular formula is C23H29NO4. The lowest BCUT2D eigenvalue weighted by molar-refractivity contribution is -0.139. The zero-order valence-corrected chi connectivity index (χ0v) is 16.5. The van der Waals surface area contributed by atoms with Gasteiger partial charge in [0.05, 0.1) is 25.9 Å². The second-order valence-electron chi connectivity index (χ2n) is 7.65. The summed E-state index contributed by atoms with van der Waals surface area (Å²) >= 11 is 0. The molecule has 1 aliphatic heterocycles. The van der Waals surface area contributed by atoms with Crippen LogP contribution in [0, 0.1) is 0 Å². The number of benzene rings is 2. The van der Waals surface area contributed by atoms with Crippen molar-refractivity contribution in [2.75, 3.05) is 20.3 Å². The molecule has 0 radical (unpaired) electrons. The molecule has 1 saturated heterocycles. The van der Waals surface area contributed by atoms with Crippen LogP contribution in [0.2, 0.25) is 0 Å². The van der Waals surface area contributed by atoms with E-state index in [2.05, 4.69) is 0 Å². The smallest absolute Gasteiger partial charge is 0.223 e. The Hall–Kier alpha value is -2.37. The fourth-order valence-electron chi connectivity index (χ4n) is 4.26. The number of piperidine rings is 1. The Morgan fingerprint density at radius 1 is 1.14 bits per heavy atom. The number of carbonyl (C=O) groups is 1. The maximum absolute atomic E-state index is 13.1. The van der Waals surface area contributed by atoms with Gasteiger partial charge < -0.3 is 19.8 Å². The quantitative estimate of drug-likeness (QED) is 0.771. The van der Waals surface area contributed by atoms with Gasteiger partial charge in [0.25, 0.3) is 0 Å². The van der Waals surface area contributed by atoms with Crippen molar-refractivity contribution < 1.29 is 19.7 Å². The molecule has 150 valence electrons. The van der Waals surface area contributed by atoms with Gasteiger partial charge in [0, 0.05) is 18.4 Å². The van der Waals surface area contributed by atoms with Crippen LogP contribution >= 0.6 is 0 Å². The summed E-state index contributed by atoms with van der Waals surface area (Å²) in [5.41, 5.74) is 1.67. The summed E-state index contributed by atoms with van der Waals surface area (Å²) in [4.78, 5) is 15.1. The summed E-state index contributed by atoms with van der Waals surface area (Å²) < 4.78 is 5.21. The Bertz CT molecular complexity index is 777. The van der Waals surface area contributed by atoms with Crippen molar-refractivity contribution in [2.45, 2.75) is 43.7 Å². The molecule has 5 heteroatoms. The van der Waals surface area contributed by atoms with Gasteiger partial charge in [-0.2, -0.15) is 0 Å². The summed E-state index contributed by atoms with van der Waals surface area (Å²) in [6, 6.07) is 17.7. The third kappa shape index (κ3) is 4.21. The van der Waals surface area contributed by atoms with Crippen LogP contribution in [0.3, 0.4) is 0 Å². The molecule has 28 heavy (non-hydrogen) atoms. The number of amides is 1. The Balaban J connectivity index is 1.81. The minimum atomic E-state index is -0.835. The van der Waals surface area contributed by atoms with Gasteiger partial charge in [-0.15, -0.1) is 0 Å². The van der Waals surface area contributed by atoms with Crippen molar-refractivity contribution in [3.8, 4) is 5.75 Å². The van der Waals surface area contributed by atoms with Gasteiger partial charge in [-0.25, -0.2) is 0 Å². The molecular weight excluding hydrogens is 354 g/mol. The van der Waals surface area contributed by atoms with Crippen molar-refractivity contribution in [3.63, 3.8) is 0 Å². The fourth-order valence-corrected chi connectivity index (χ4v) is 4.26. The van der Waals surface area contributed by atoms with Crippen molar-refractivity contribution in [3.05, 3.63) is 65.7 Å². The molecule has 2 aromatic rings. The fraction of sp³-hybridized carbons (Fsp3) is 0.435. The van der Waals surface area contributed by atoms with Crippen LogP contribution < -0.4 is 4.74 Å². The minimum absolute atomic E-state index is 0.0325. The second kappa shape index (κ2) is 8.76. The molecule has 0 bridgehead atoms. The van der Waals surface area contributed by atoms with Crippen molar-refractivity contribution in [1.82, 2.24) is 4.90 Å². The number of ether oxygens (including phenoxy) is 1. The number of rotatable bonds is 7. The molecule has 1 amide bonds. The van der Waals surface area contributed by atoms with E-state index in [4.69, 9.17) is 4.74 Å². The van der Waals surface area contributed by atoms with E-state index in [0.717, 1.165) is 23.3 Å². The molecule has 0 aromatic heterocycles. The first-order chi connectivity index (χ1) is 13.5. The van der Waals surface area contributed by atoms with Crippen LogP contribution in [0.4, 0.5) is 0 Å². The van der Waals surface area contributed by atoms with Gasteiger partial charge in [0.1, 0.15) is 5.75 Å². The Kier molecular flexibility index (Phi) is 6.37. The second-order valence-corrected chi connectivity index (χ2v) is 7.65. The normalized spacial score (nSPS) is 22.0. The summed E-state index contributed by atoms with van der Waals surface area (Å²) in [5, 5.41) is 19.5. The molecule has 3 atom stereocenters. The van der Waals surface area contributed by atoms with Crippen molar-refractivity contribution in [2.24, 2.45) is 0 Å². The highest BCUT2D eigenvalue weighted by Crippen LogP contribution is 2.42. The standard InChI is InChI=1S/C23H29NO4/c1-17(18-8-10-21(28-2)11-9-18)24-13-12-23(15-22(24)27,14-20(26)16-25)19-6-4-3-5-7-19/h3-11,17,20,25-26H,12-16H2,1-2H3/t17-,20?,23?/m0/s1. The molecule has 0 saturated carbocycles. The van der Waals surface area contributed by atoms with E-state index in [1.807, 2.05) is 66.4 Å². The first kappa shape index (κ1) is 20.4. The minimum Gasteiger partial charge on any atom is -0.497 e. The zero-order chi connectivity index (χ0) is 20.1. The highest BCUT2D eigenvalue weighted by atomic mass is 16.5. The topological polar surface area (TPSA) is 70.0 Å². The van der Waals surface area contributed by atoms with Crippen LogP contribution in [-0.2, 0) is 10.2 Å². The number of carbonyl (C=O) groups excluding carboxylic acids is 1. The number of aliphatic hydroxyl groups is 2. The molecule has 3 rings (SSSR count). The Morgan fingerprint density at radius 2 is 1.82 bits per heavy atom. The maximum atomic E-state index is 13.1. The van der Waals surface area contributed by atoms with Crippen molar-refractivity contribution >= 4 is 5.91 Å². The van der Waals surface area contributed by atoms with E-state index >= 15 is 0 Å². The maximum Gasteiger partial charge on any atom is 0.223 e. The van der Waals surface area contributed by atoms with Crippen LogP contribution in [0.15, 0.2) is 54.6 Å². The van der Waals surface area contributed by atoms with Crippen LogP contribution in [0.1, 0.15) is 43.4 Å². The predicted octanol–water partition coefficient (Wildman–Crippen LogP) is 3.06. The Morgan fingerprint density at radius 3 is 2.39 bits per heavy atom. The van der Waals surface area contributed by atoms with E-state index in [1.165, 1.54) is 0 Å². The Labute approximate surface area is 166 Å². The van der Waals surface area contributed by atoms with E-state index < -0.39 is 11.5 Å².